The van der Waals surface area contributed by atoms with E-state index < -0.39 is 11.9 Å². The zero-order valence-electron chi connectivity index (χ0n) is 15.8. The summed E-state index contributed by atoms with van der Waals surface area (Å²) in [5.41, 5.74) is 9.08. The summed E-state index contributed by atoms with van der Waals surface area (Å²) < 4.78 is 10.8. The van der Waals surface area contributed by atoms with E-state index in [4.69, 9.17) is 15.2 Å². The lowest BCUT2D eigenvalue weighted by Gasteiger charge is -2.37. The zero-order chi connectivity index (χ0) is 19.6. The van der Waals surface area contributed by atoms with E-state index in [-0.39, 0.29) is 12.3 Å². The van der Waals surface area contributed by atoms with Crippen molar-refractivity contribution in [2.45, 2.75) is 25.8 Å². The molecule has 2 aromatic carbocycles. The maximum atomic E-state index is 13.1. The Labute approximate surface area is 158 Å². The third-order valence-electron chi connectivity index (χ3n) is 4.96. The van der Waals surface area contributed by atoms with Crippen LogP contribution in [0.1, 0.15) is 39.5 Å². The molecule has 0 aliphatic carbocycles. The van der Waals surface area contributed by atoms with Gasteiger partial charge in [-0.2, -0.15) is 0 Å². The van der Waals surface area contributed by atoms with E-state index in [2.05, 4.69) is 0 Å². The van der Waals surface area contributed by atoms with Crippen LogP contribution in [0.2, 0.25) is 0 Å². The summed E-state index contributed by atoms with van der Waals surface area (Å²) >= 11 is 0. The molecule has 0 saturated carbocycles. The minimum absolute atomic E-state index is 0.0556. The number of hydrogen-bond acceptors (Lipinski definition) is 4. The molecule has 0 fully saturated rings. The predicted molar refractivity (Wildman–Crippen MR) is 102 cm³/mol. The Balaban J connectivity index is 2.02. The predicted octanol–water partition coefficient (Wildman–Crippen LogP) is 2.63. The molecule has 0 bridgehead atoms. The number of amides is 2. The first kappa shape index (κ1) is 18.8. The highest BCUT2D eigenvalue weighted by Gasteiger charge is 2.33. The minimum atomic E-state index is -0.454. The van der Waals surface area contributed by atoms with Crippen molar-refractivity contribution in [3.63, 3.8) is 0 Å². The van der Waals surface area contributed by atoms with Gasteiger partial charge in [0.15, 0.2) is 11.5 Å². The second-order valence-electron chi connectivity index (χ2n) is 6.71. The van der Waals surface area contributed by atoms with Crippen LogP contribution in [-0.2, 0) is 11.2 Å². The van der Waals surface area contributed by atoms with E-state index in [1.54, 1.807) is 19.1 Å². The van der Waals surface area contributed by atoms with Crippen molar-refractivity contribution >= 4 is 11.8 Å². The number of carbonyl (C=O) groups is 2. The highest BCUT2D eigenvalue weighted by Crippen LogP contribution is 2.39. The monoisotopic (exact) mass is 368 g/mol. The molecule has 1 aliphatic heterocycles. The van der Waals surface area contributed by atoms with Gasteiger partial charge in [0, 0.05) is 12.1 Å². The number of primary amides is 1. The van der Waals surface area contributed by atoms with Crippen LogP contribution in [-0.4, -0.2) is 37.5 Å². The molecule has 2 aromatic rings. The molecule has 6 heteroatoms. The molecule has 0 saturated heterocycles. The Hall–Kier alpha value is -3.02. The average molecular weight is 368 g/mol. The third-order valence-corrected chi connectivity index (χ3v) is 4.96. The molecule has 6 nitrogen and oxygen atoms in total. The van der Waals surface area contributed by atoms with E-state index in [1.807, 2.05) is 43.3 Å². The van der Waals surface area contributed by atoms with Crippen LogP contribution in [0.25, 0.3) is 0 Å². The van der Waals surface area contributed by atoms with Crippen LogP contribution < -0.4 is 15.2 Å². The molecular formula is C21H24N2O4. The highest BCUT2D eigenvalue weighted by molar-refractivity contribution is 5.95. The summed E-state index contributed by atoms with van der Waals surface area (Å²) in [5.74, 6) is 0.633. The Kier molecular flexibility index (Phi) is 5.35. The van der Waals surface area contributed by atoms with Gasteiger partial charge in [0.1, 0.15) is 0 Å². The minimum Gasteiger partial charge on any atom is -0.493 e. The van der Waals surface area contributed by atoms with Crippen molar-refractivity contribution in [2.24, 2.45) is 5.73 Å². The molecule has 142 valence electrons. The van der Waals surface area contributed by atoms with Crippen LogP contribution in [0.3, 0.4) is 0 Å². The van der Waals surface area contributed by atoms with Crippen LogP contribution >= 0.6 is 0 Å². The van der Waals surface area contributed by atoms with Gasteiger partial charge < -0.3 is 20.1 Å². The fraction of sp³-hybridized carbons (Fsp3) is 0.333. The van der Waals surface area contributed by atoms with Gasteiger partial charge in [-0.25, -0.2) is 0 Å². The molecule has 0 radical (unpaired) electrons. The van der Waals surface area contributed by atoms with Crippen molar-refractivity contribution < 1.29 is 19.1 Å². The van der Waals surface area contributed by atoms with Gasteiger partial charge in [-0.1, -0.05) is 17.7 Å². The Bertz CT molecular complexity index is 861. The fourth-order valence-corrected chi connectivity index (χ4v) is 3.54. The molecule has 0 spiro atoms. The summed E-state index contributed by atoms with van der Waals surface area (Å²) in [4.78, 5) is 26.6. The van der Waals surface area contributed by atoms with Gasteiger partial charge in [-0.15, -0.1) is 0 Å². The number of hydrogen-bond donors (Lipinski definition) is 1. The molecule has 1 unspecified atom stereocenters. The highest BCUT2D eigenvalue weighted by atomic mass is 16.5. The number of ether oxygens (including phenoxy) is 2. The number of nitrogens with zero attached hydrogens (tertiary/aromatic N) is 1. The first-order valence-electron chi connectivity index (χ1n) is 8.85. The van der Waals surface area contributed by atoms with Crippen molar-refractivity contribution in [2.75, 3.05) is 20.8 Å². The summed E-state index contributed by atoms with van der Waals surface area (Å²) in [6.07, 6.45) is 0.725. The molecule has 1 aliphatic rings. The number of carbonyl (C=O) groups excluding carboxylic acids is 2. The molecule has 1 atom stereocenters. The van der Waals surface area contributed by atoms with Crippen molar-refractivity contribution in [1.82, 2.24) is 4.90 Å². The van der Waals surface area contributed by atoms with Crippen LogP contribution in [0, 0.1) is 6.92 Å². The molecule has 2 amide bonds. The summed E-state index contributed by atoms with van der Waals surface area (Å²) in [7, 11) is 3.15. The average Bonchev–Trinajstić information content (AvgIpc) is 2.66. The lowest BCUT2D eigenvalue weighted by Crippen LogP contribution is -2.41. The molecule has 0 aromatic heterocycles. The van der Waals surface area contributed by atoms with Crippen molar-refractivity contribution in [1.29, 1.82) is 0 Å². The number of rotatable bonds is 5. The maximum Gasteiger partial charge on any atom is 0.254 e. The Morgan fingerprint density at radius 1 is 1.11 bits per heavy atom. The summed E-state index contributed by atoms with van der Waals surface area (Å²) in [6, 6.07) is 10.8. The van der Waals surface area contributed by atoms with Gasteiger partial charge >= 0.3 is 0 Å². The van der Waals surface area contributed by atoms with Crippen LogP contribution in [0.4, 0.5) is 0 Å². The number of benzene rings is 2. The number of aryl methyl sites for hydroxylation is 1. The van der Waals surface area contributed by atoms with Gasteiger partial charge in [0.05, 0.1) is 26.7 Å². The van der Waals surface area contributed by atoms with Gasteiger partial charge in [-0.05, 0) is 48.7 Å². The largest absolute Gasteiger partial charge is 0.493 e. The van der Waals surface area contributed by atoms with Gasteiger partial charge in [0.25, 0.3) is 5.91 Å². The van der Waals surface area contributed by atoms with E-state index in [9.17, 15) is 9.59 Å². The Morgan fingerprint density at radius 3 is 2.33 bits per heavy atom. The van der Waals surface area contributed by atoms with E-state index in [1.165, 1.54) is 0 Å². The lowest BCUT2D eigenvalue weighted by atomic mass is 9.89. The summed E-state index contributed by atoms with van der Waals surface area (Å²) in [5, 5.41) is 0. The SMILES string of the molecule is COc1cc2c(cc1OC)C(CC(N)=O)N(C(=O)c1ccc(C)cc1)CC2. The molecule has 3 rings (SSSR count). The maximum absolute atomic E-state index is 13.1. The topological polar surface area (TPSA) is 81.9 Å². The molecule has 27 heavy (non-hydrogen) atoms. The Morgan fingerprint density at radius 2 is 1.74 bits per heavy atom. The standard InChI is InChI=1S/C21H24N2O4/c1-13-4-6-14(7-5-13)21(25)23-9-8-15-10-18(26-2)19(27-3)11-16(15)17(23)12-20(22)24/h4-7,10-11,17H,8-9,12H2,1-3H3,(H2,22,24). The second-order valence-corrected chi connectivity index (χ2v) is 6.71. The van der Waals surface area contributed by atoms with Crippen LogP contribution in [0.15, 0.2) is 36.4 Å². The second kappa shape index (κ2) is 7.70. The third kappa shape index (κ3) is 3.74. The van der Waals surface area contributed by atoms with E-state index in [0.29, 0.717) is 30.0 Å². The van der Waals surface area contributed by atoms with Gasteiger partial charge in [0.2, 0.25) is 5.91 Å². The lowest BCUT2D eigenvalue weighted by molar-refractivity contribution is -0.119. The zero-order valence-corrected chi connectivity index (χ0v) is 15.8. The molecular weight excluding hydrogens is 344 g/mol. The fourth-order valence-electron chi connectivity index (χ4n) is 3.54. The first-order valence-corrected chi connectivity index (χ1v) is 8.85. The molecule has 1 heterocycles. The van der Waals surface area contributed by atoms with E-state index >= 15 is 0 Å². The quantitative estimate of drug-likeness (QED) is 0.880. The van der Waals surface area contributed by atoms with Gasteiger partial charge in [-0.3, -0.25) is 9.59 Å². The molecule has 2 N–H and O–H groups in total. The number of fused-ring (bicyclic) bond motifs is 1. The van der Waals surface area contributed by atoms with Crippen molar-refractivity contribution in [3.05, 3.63) is 58.7 Å². The van der Waals surface area contributed by atoms with Crippen LogP contribution in [0.5, 0.6) is 11.5 Å². The number of nitrogens with two attached hydrogens (primary N) is 1. The summed E-state index contributed by atoms with van der Waals surface area (Å²) in [6.45, 7) is 2.48. The number of methoxy groups -OCH3 is 2. The van der Waals surface area contributed by atoms with E-state index in [0.717, 1.165) is 16.7 Å². The normalized spacial score (nSPS) is 15.8. The first-order chi connectivity index (χ1) is 12.9. The smallest absolute Gasteiger partial charge is 0.254 e. The van der Waals surface area contributed by atoms with Crippen molar-refractivity contribution in [3.8, 4) is 11.5 Å².